The van der Waals surface area contributed by atoms with Crippen molar-refractivity contribution in [3.05, 3.63) is 35.4 Å². The van der Waals surface area contributed by atoms with Crippen LogP contribution in [0.2, 0.25) is 0 Å². The van der Waals surface area contributed by atoms with Crippen molar-refractivity contribution >= 4 is 11.8 Å². The number of rotatable bonds is 5. The van der Waals surface area contributed by atoms with E-state index in [0.717, 1.165) is 30.5 Å². The van der Waals surface area contributed by atoms with Crippen molar-refractivity contribution in [3.8, 4) is 0 Å². The first-order valence-corrected chi connectivity index (χ1v) is 7.76. The van der Waals surface area contributed by atoms with Crippen LogP contribution in [0.25, 0.3) is 0 Å². The van der Waals surface area contributed by atoms with Gasteiger partial charge in [0.25, 0.3) is 0 Å². The van der Waals surface area contributed by atoms with Crippen LogP contribution in [0.15, 0.2) is 18.2 Å². The molecule has 19 heavy (non-hydrogen) atoms. The number of ether oxygens (including phenoxy) is 1. The Kier molecular flexibility index (Phi) is 5.60. The highest BCUT2D eigenvalue weighted by Crippen LogP contribution is 2.28. The minimum Gasteiger partial charge on any atom is -0.375 e. The van der Waals surface area contributed by atoms with Crippen LogP contribution in [0, 0.1) is 11.6 Å². The lowest BCUT2D eigenvalue weighted by Gasteiger charge is -2.31. The summed E-state index contributed by atoms with van der Waals surface area (Å²) in [7, 11) is 0. The molecule has 1 saturated heterocycles. The quantitative estimate of drug-likeness (QED) is 0.899. The Morgan fingerprint density at radius 2 is 2.32 bits per heavy atom. The van der Waals surface area contributed by atoms with Crippen LogP contribution >= 0.6 is 11.8 Å². The van der Waals surface area contributed by atoms with E-state index >= 15 is 0 Å². The Morgan fingerprint density at radius 3 is 3.00 bits per heavy atom. The first-order chi connectivity index (χ1) is 9.24. The lowest BCUT2D eigenvalue weighted by molar-refractivity contribution is 0.0457. The topological polar surface area (TPSA) is 21.3 Å². The van der Waals surface area contributed by atoms with E-state index in [2.05, 4.69) is 5.32 Å². The number of halogens is 2. The second kappa shape index (κ2) is 7.22. The van der Waals surface area contributed by atoms with Gasteiger partial charge in [0.15, 0.2) is 11.6 Å². The zero-order chi connectivity index (χ0) is 13.7. The summed E-state index contributed by atoms with van der Waals surface area (Å²) in [6.07, 6.45) is 0.828. The van der Waals surface area contributed by atoms with Crippen molar-refractivity contribution in [3.63, 3.8) is 0 Å². The molecule has 2 nitrogen and oxygen atoms in total. The van der Waals surface area contributed by atoms with Crippen LogP contribution in [-0.2, 0) is 4.74 Å². The standard InChI is InChI=1S/C14H19F2NOS/c1-2-6-17-14(12-9-19-8-7-18-12)10-4-3-5-11(15)13(10)16/h3-5,12,14,17H,2,6-9H2,1H3. The van der Waals surface area contributed by atoms with Crippen molar-refractivity contribution in [2.45, 2.75) is 25.5 Å². The van der Waals surface area contributed by atoms with Crippen molar-refractivity contribution in [1.82, 2.24) is 5.32 Å². The van der Waals surface area contributed by atoms with Gasteiger partial charge in [-0.15, -0.1) is 0 Å². The highest BCUT2D eigenvalue weighted by molar-refractivity contribution is 7.99. The summed E-state index contributed by atoms with van der Waals surface area (Å²) in [5.74, 6) is 0.194. The lowest BCUT2D eigenvalue weighted by Crippen LogP contribution is -2.39. The van der Waals surface area contributed by atoms with Gasteiger partial charge in [0.2, 0.25) is 0 Å². The monoisotopic (exact) mass is 287 g/mol. The van der Waals surface area contributed by atoms with Crippen LogP contribution in [0.5, 0.6) is 0 Å². The molecule has 2 unspecified atom stereocenters. The van der Waals surface area contributed by atoms with Gasteiger partial charge in [-0.25, -0.2) is 8.78 Å². The van der Waals surface area contributed by atoms with Crippen LogP contribution in [0.1, 0.15) is 24.9 Å². The van der Waals surface area contributed by atoms with Gasteiger partial charge < -0.3 is 10.1 Å². The molecule has 1 fully saturated rings. The second-order valence-corrected chi connectivity index (χ2v) is 5.71. The first kappa shape index (κ1) is 14.8. The number of hydrogen-bond acceptors (Lipinski definition) is 3. The van der Waals surface area contributed by atoms with Crippen LogP contribution in [-0.4, -0.2) is 30.8 Å². The van der Waals surface area contributed by atoms with Crippen LogP contribution in [0.3, 0.4) is 0 Å². The number of benzene rings is 1. The molecule has 0 saturated carbocycles. The minimum absolute atomic E-state index is 0.110. The van der Waals surface area contributed by atoms with E-state index in [4.69, 9.17) is 4.74 Å². The van der Waals surface area contributed by atoms with Gasteiger partial charge in [-0.2, -0.15) is 11.8 Å². The van der Waals surface area contributed by atoms with Gasteiger partial charge in [0.05, 0.1) is 18.8 Å². The third kappa shape index (κ3) is 3.68. The summed E-state index contributed by atoms with van der Waals surface area (Å²) in [5.41, 5.74) is 0.362. The fourth-order valence-corrected chi connectivity index (χ4v) is 3.10. The molecular weight excluding hydrogens is 268 g/mol. The molecular formula is C14H19F2NOS. The summed E-state index contributed by atoms with van der Waals surface area (Å²) in [5, 5.41) is 3.28. The molecule has 1 heterocycles. The molecule has 1 aromatic carbocycles. The third-order valence-electron chi connectivity index (χ3n) is 3.14. The predicted molar refractivity (Wildman–Crippen MR) is 74.5 cm³/mol. The second-order valence-electron chi connectivity index (χ2n) is 4.56. The molecule has 1 aliphatic heterocycles. The van der Waals surface area contributed by atoms with Crippen molar-refractivity contribution in [2.75, 3.05) is 24.7 Å². The van der Waals surface area contributed by atoms with E-state index in [9.17, 15) is 8.78 Å². The van der Waals surface area contributed by atoms with Crippen molar-refractivity contribution in [2.24, 2.45) is 0 Å². The van der Waals surface area contributed by atoms with Gasteiger partial charge in [-0.1, -0.05) is 19.1 Å². The lowest BCUT2D eigenvalue weighted by atomic mass is 10.0. The third-order valence-corrected chi connectivity index (χ3v) is 4.16. The summed E-state index contributed by atoms with van der Waals surface area (Å²) < 4.78 is 33.1. The summed E-state index contributed by atoms with van der Waals surface area (Å²) >= 11 is 1.79. The molecule has 2 atom stereocenters. The summed E-state index contributed by atoms with van der Waals surface area (Å²) in [6, 6.07) is 4.04. The minimum atomic E-state index is -0.802. The predicted octanol–water partition coefficient (Wildman–Crippen LogP) is 3.14. The van der Waals surface area contributed by atoms with E-state index in [-0.39, 0.29) is 12.1 Å². The van der Waals surface area contributed by atoms with Crippen molar-refractivity contribution < 1.29 is 13.5 Å². The molecule has 1 aromatic rings. The highest BCUT2D eigenvalue weighted by Gasteiger charge is 2.28. The summed E-state index contributed by atoms with van der Waals surface area (Å²) in [4.78, 5) is 0. The Bertz CT molecular complexity index is 410. The normalized spacial score (nSPS) is 21.3. The molecule has 1 aliphatic rings. The molecule has 0 aromatic heterocycles. The van der Waals surface area contributed by atoms with E-state index in [0.29, 0.717) is 12.2 Å². The van der Waals surface area contributed by atoms with E-state index in [1.165, 1.54) is 0 Å². The Hall–Kier alpha value is -0.650. The average Bonchev–Trinajstić information content (AvgIpc) is 2.45. The molecule has 2 rings (SSSR count). The van der Waals surface area contributed by atoms with Crippen molar-refractivity contribution in [1.29, 1.82) is 0 Å². The molecule has 0 aliphatic carbocycles. The van der Waals surface area contributed by atoms with Gasteiger partial charge in [0.1, 0.15) is 0 Å². The SMILES string of the molecule is CCCNC(c1cccc(F)c1F)C1CSCCO1. The van der Waals surface area contributed by atoms with Gasteiger partial charge in [-0.3, -0.25) is 0 Å². The first-order valence-electron chi connectivity index (χ1n) is 6.60. The maximum Gasteiger partial charge on any atom is 0.163 e. The highest BCUT2D eigenvalue weighted by atomic mass is 32.2. The molecule has 1 N–H and O–H groups in total. The Balaban J connectivity index is 2.22. The van der Waals surface area contributed by atoms with Gasteiger partial charge >= 0.3 is 0 Å². The molecule has 0 radical (unpaired) electrons. The average molecular weight is 287 g/mol. The number of thioether (sulfide) groups is 1. The van der Waals surface area contributed by atoms with E-state index < -0.39 is 11.6 Å². The van der Waals surface area contributed by atoms with E-state index in [1.807, 2.05) is 6.92 Å². The summed E-state index contributed by atoms with van der Waals surface area (Å²) in [6.45, 7) is 3.46. The maximum atomic E-state index is 14.0. The smallest absolute Gasteiger partial charge is 0.163 e. The van der Waals surface area contributed by atoms with Gasteiger partial charge in [-0.05, 0) is 19.0 Å². The maximum absolute atomic E-state index is 14.0. The molecule has 0 spiro atoms. The Morgan fingerprint density at radius 1 is 1.47 bits per heavy atom. The van der Waals surface area contributed by atoms with Gasteiger partial charge in [0, 0.05) is 17.1 Å². The molecule has 0 bridgehead atoms. The van der Waals surface area contributed by atoms with Crippen LogP contribution < -0.4 is 5.32 Å². The van der Waals surface area contributed by atoms with Crippen LogP contribution in [0.4, 0.5) is 8.78 Å². The Labute approximate surface area is 116 Å². The fraction of sp³-hybridized carbons (Fsp3) is 0.571. The fourth-order valence-electron chi connectivity index (χ4n) is 2.20. The zero-order valence-electron chi connectivity index (χ0n) is 11.0. The van der Waals surface area contributed by atoms with E-state index in [1.54, 1.807) is 23.9 Å². The largest absolute Gasteiger partial charge is 0.375 e. The number of hydrogen-bond donors (Lipinski definition) is 1. The molecule has 0 amide bonds. The molecule has 5 heteroatoms. The molecule has 106 valence electrons. The number of nitrogens with one attached hydrogen (secondary N) is 1. The zero-order valence-corrected chi connectivity index (χ0v) is 11.8.